The van der Waals surface area contributed by atoms with Crippen LogP contribution in [0, 0.1) is 6.92 Å². The van der Waals surface area contributed by atoms with E-state index in [4.69, 9.17) is 0 Å². The highest BCUT2D eigenvalue weighted by molar-refractivity contribution is 7.25. The van der Waals surface area contributed by atoms with Crippen LogP contribution in [-0.4, -0.2) is 8.07 Å². The molecular weight excluding hydrogens is 386 g/mol. The molecule has 0 N–H and O–H groups in total. The Bertz CT molecular complexity index is 1410. The van der Waals surface area contributed by atoms with Gasteiger partial charge >= 0.3 is 0 Å². The van der Waals surface area contributed by atoms with Gasteiger partial charge in [0.15, 0.2) is 0 Å². The lowest BCUT2D eigenvalue weighted by Crippen LogP contribution is -2.38. The first kappa shape index (κ1) is 18.5. The summed E-state index contributed by atoms with van der Waals surface area (Å²) in [6, 6.07) is 25.0. The van der Waals surface area contributed by atoms with E-state index in [1.54, 1.807) is 0 Å². The van der Waals surface area contributed by atoms with E-state index in [9.17, 15) is 0 Å². The molecule has 0 fully saturated rings. The fourth-order valence-electron chi connectivity index (χ4n) is 4.37. The second-order valence-corrected chi connectivity index (χ2v) is 15.2. The van der Waals surface area contributed by atoms with Gasteiger partial charge in [0.25, 0.3) is 0 Å². The number of hydrogen-bond donors (Lipinski definition) is 0. The molecule has 0 unspecified atom stereocenters. The monoisotopic (exact) mass is 412 g/mol. The van der Waals surface area contributed by atoms with Gasteiger partial charge in [0, 0.05) is 37.7 Å². The normalized spacial score (nSPS) is 12.3. The molecule has 0 saturated heterocycles. The van der Waals surface area contributed by atoms with Crippen LogP contribution in [0.4, 0.5) is 0 Å². The van der Waals surface area contributed by atoms with E-state index < -0.39 is 8.07 Å². The van der Waals surface area contributed by atoms with Crippen molar-refractivity contribution in [3.05, 3.63) is 72.3 Å². The van der Waals surface area contributed by atoms with Crippen molar-refractivity contribution >= 4 is 55.7 Å². The highest BCUT2D eigenvalue weighted by atomic mass is 32.1. The lowest BCUT2D eigenvalue weighted by molar-refractivity contribution is -0.633. The molecule has 0 atom stereocenters. The summed E-state index contributed by atoms with van der Waals surface area (Å²) in [5.41, 5.74) is 5.26. The third kappa shape index (κ3) is 2.92. The summed E-state index contributed by atoms with van der Waals surface area (Å²) >= 11 is 1.89. The Kier molecular flexibility index (Phi) is 4.16. The minimum atomic E-state index is -1.32. The molecule has 5 rings (SSSR count). The lowest BCUT2D eigenvalue weighted by Gasteiger charge is -2.17. The minimum absolute atomic E-state index is 1.28. The Labute approximate surface area is 177 Å². The summed E-state index contributed by atoms with van der Waals surface area (Å²) in [5.74, 6) is 0. The molecule has 2 heterocycles. The zero-order chi connectivity index (χ0) is 20.3. The summed E-state index contributed by atoms with van der Waals surface area (Å²) in [6.07, 6.45) is 0. The summed E-state index contributed by atoms with van der Waals surface area (Å²) in [5, 5.41) is 5.59. The van der Waals surface area contributed by atoms with Gasteiger partial charge in [-0.3, -0.25) is 0 Å². The van der Waals surface area contributed by atoms with Crippen molar-refractivity contribution in [3.8, 4) is 11.3 Å². The van der Waals surface area contributed by atoms with Crippen molar-refractivity contribution in [3.63, 3.8) is 0 Å². The molecule has 0 spiro atoms. The molecule has 144 valence electrons. The number of rotatable bonds is 2. The largest absolute Gasteiger partial charge is 0.213 e. The van der Waals surface area contributed by atoms with Gasteiger partial charge in [-0.1, -0.05) is 55.2 Å². The SMILES string of the molecule is Cc1ccc2sc3ccccc3c2c1-c1ccc2cc([Si](C)(C)C)ccc2[n+]1C. The van der Waals surface area contributed by atoms with Gasteiger partial charge in [0.1, 0.15) is 7.05 Å². The molecule has 0 radical (unpaired) electrons. The van der Waals surface area contributed by atoms with Crippen LogP contribution in [0.25, 0.3) is 42.3 Å². The van der Waals surface area contributed by atoms with Crippen LogP contribution in [0.3, 0.4) is 0 Å². The molecule has 1 nitrogen and oxygen atoms in total. The Morgan fingerprint density at radius 2 is 1.62 bits per heavy atom. The van der Waals surface area contributed by atoms with Gasteiger partial charge in [-0.05, 0) is 36.8 Å². The first-order chi connectivity index (χ1) is 13.8. The topological polar surface area (TPSA) is 3.88 Å². The number of fused-ring (bicyclic) bond motifs is 4. The second kappa shape index (κ2) is 6.51. The van der Waals surface area contributed by atoms with Gasteiger partial charge in [-0.25, -0.2) is 0 Å². The predicted octanol–water partition coefficient (Wildman–Crippen LogP) is 6.55. The number of benzene rings is 3. The van der Waals surface area contributed by atoms with Crippen LogP contribution in [0.15, 0.2) is 66.7 Å². The fraction of sp³-hybridized carbons (Fsp3) is 0.192. The smallest absolute Gasteiger partial charge is 0.194 e. The second-order valence-electron chi connectivity index (χ2n) is 9.03. The zero-order valence-electron chi connectivity index (χ0n) is 17.7. The van der Waals surface area contributed by atoms with Gasteiger partial charge in [-0.2, -0.15) is 4.57 Å². The van der Waals surface area contributed by atoms with E-state index in [1.807, 2.05) is 11.3 Å². The molecule has 2 aromatic heterocycles. The standard InChI is InChI=1S/C26H26NSSi/c1-17-10-15-24-26(20-8-6-7-9-23(20)28-24)25(17)22-13-11-18-16-19(29(3,4)5)12-14-21(18)27(22)2/h6-16H,1-5H3/q+1. The summed E-state index contributed by atoms with van der Waals surface area (Å²) in [7, 11) is 0.887. The van der Waals surface area contributed by atoms with Crippen molar-refractivity contribution in [1.29, 1.82) is 0 Å². The molecule has 0 aliphatic rings. The molecule has 29 heavy (non-hydrogen) atoms. The third-order valence-electron chi connectivity index (χ3n) is 6.04. The van der Waals surface area contributed by atoms with Crippen LogP contribution in [-0.2, 0) is 7.05 Å². The highest BCUT2D eigenvalue weighted by Crippen LogP contribution is 2.40. The number of aromatic nitrogens is 1. The van der Waals surface area contributed by atoms with E-state index >= 15 is 0 Å². The molecule has 0 aliphatic carbocycles. The maximum Gasteiger partial charge on any atom is 0.213 e. The Morgan fingerprint density at radius 3 is 2.41 bits per heavy atom. The number of nitrogens with zero attached hydrogens (tertiary/aromatic N) is 1. The van der Waals surface area contributed by atoms with Gasteiger partial charge in [0.05, 0.1) is 13.6 Å². The van der Waals surface area contributed by atoms with Crippen LogP contribution in [0.1, 0.15) is 5.56 Å². The molecule has 0 aliphatic heterocycles. The average Bonchev–Trinajstić information content (AvgIpc) is 3.07. The Hall–Kier alpha value is -2.49. The first-order valence-electron chi connectivity index (χ1n) is 10.2. The number of pyridine rings is 1. The molecule has 3 aromatic carbocycles. The van der Waals surface area contributed by atoms with Gasteiger partial charge < -0.3 is 0 Å². The van der Waals surface area contributed by atoms with Crippen molar-refractivity contribution in [2.45, 2.75) is 26.6 Å². The van der Waals surface area contributed by atoms with Crippen LogP contribution < -0.4 is 9.75 Å². The summed E-state index contributed by atoms with van der Waals surface area (Å²) in [4.78, 5) is 0. The van der Waals surface area contributed by atoms with E-state index in [-0.39, 0.29) is 0 Å². The predicted molar refractivity (Wildman–Crippen MR) is 131 cm³/mol. The molecular formula is C26H26NSSi+. The number of hydrogen-bond acceptors (Lipinski definition) is 1. The average molecular weight is 413 g/mol. The number of aryl methyl sites for hydroxylation is 2. The fourth-order valence-corrected chi connectivity index (χ4v) is 6.66. The molecule has 0 saturated carbocycles. The van der Waals surface area contributed by atoms with E-state index in [2.05, 4.69) is 105 Å². The van der Waals surface area contributed by atoms with Crippen LogP contribution >= 0.6 is 11.3 Å². The molecule has 3 heteroatoms. The van der Waals surface area contributed by atoms with Crippen molar-refractivity contribution in [2.75, 3.05) is 0 Å². The van der Waals surface area contributed by atoms with Crippen LogP contribution in [0.2, 0.25) is 19.6 Å². The van der Waals surface area contributed by atoms with Gasteiger partial charge in [-0.15, -0.1) is 11.3 Å². The first-order valence-corrected chi connectivity index (χ1v) is 14.5. The van der Waals surface area contributed by atoms with E-state index in [0.29, 0.717) is 0 Å². The minimum Gasteiger partial charge on any atom is -0.194 e. The van der Waals surface area contributed by atoms with Crippen molar-refractivity contribution in [1.82, 2.24) is 0 Å². The Balaban J connectivity index is 1.83. The molecule has 0 amide bonds. The van der Waals surface area contributed by atoms with Crippen LogP contribution in [0.5, 0.6) is 0 Å². The summed E-state index contributed by atoms with van der Waals surface area (Å²) < 4.78 is 5.09. The third-order valence-corrected chi connectivity index (χ3v) is 9.22. The molecule has 0 bridgehead atoms. The molecule has 5 aromatic rings. The zero-order valence-corrected chi connectivity index (χ0v) is 19.5. The van der Waals surface area contributed by atoms with E-state index in [1.165, 1.54) is 53.1 Å². The number of thiophene rings is 1. The van der Waals surface area contributed by atoms with Crippen molar-refractivity contribution in [2.24, 2.45) is 7.05 Å². The summed E-state index contributed by atoms with van der Waals surface area (Å²) in [6.45, 7) is 9.47. The van der Waals surface area contributed by atoms with Crippen molar-refractivity contribution < 1.29 is 4.57 Å². The quantitative estimate of drug-likeness (QED) is 0.228. The van der Waals surface area contributed by atoms with E-state index in [0.717, 1.165) is 0 Å². The van der Waals surface area contributed by atoms with Gasteiger partial charge in [0.2, 0.25) is 11.2 Å². The lowest BCUT2D eigenvalue weighted by atomic mass is 9.97. The highest BCUT2D eigenvalue weighted by Gasteiger charge is 2.22. The maximum atomic E-state index is 2.41. The maximum absolute atomic E-state index is 2.41. The Morgan fingerprint density at radius 1 is 0.828 bits per heavy atom.